The van der Waals surface area contributed by atoms with E-state index in [2.05, 4.69) is 44.2 Å². The first kappa shape index (κ1) is 15.7. The van der Waals surface area contributed by atoms with E-state index in [1.165, 1.54) is 0 Å². The van der Waals surface area contributed by atoms with E-state index in [9.17, 15) is 0 Å². The van der Waals surface area contributed by atoms with Crippen LogP contribution in [-0.4, -0.2) is 19.9 Å². The Hall–Kier alpha value is -2.78. The Kier molecular flexibility index (Phi) is 3.94. The van der Waals surface area contributed by atoms with Crippen LogP contribution in [-0.2, 0) is 19.5 Å². The fourth-order valence-electron chi connectivity index (χ4n) is 2.94. The number of rotatable bonds is 0. The molecular formula is C20H14N4Zn+3. The molecule has 113 valence electrons. The number of nitrogens with one attached hydrogen (secondary N) is 2. The molecule has 5 heteroatoms. The van der Waals surface area contributed by atoms with Crippen molar-refractivity contribution >= 4 is 46.4 Å². The minimum atomic E-state index is 0. The Morgan fingerprint density at radius 3 is 1.04 bits per heavy atom. The van der Waals surface area contributed by atoms with Gasteiger partial charge in [0, 0.05) is 22.1 Å². The molecule has 5 heterocycles. The normalized spacial score (nSPS) is 12.2. The number of hydrogen-bond donors (Lipinski definition) is 2. The fourth-order valence-corrected chi connectivity index (χ4v) is 2.94. The van der Waals surface area contributed by atoms with Crippen LogP contribution in [0.1, 0.15) is 22.8 Å². The van der Waals surface area contributed by atoms with E-state index in [0.29, 0.717) is 0 Å². The summed E-state index contributed by atoms with van der Waals surface area (Å²) in [6.07, 6.45) is 8.09. The maximum atomic E-state index is 4.63. The van der Waals surface area contributed by atoms with Crippen molar-refractivity contribution in [3.05, 3.63) is 71.3 Å². The fraction of sp³-hybridized carbons (Fsp3) is 0. The van der Waals surface area contributed by atoms with Crippen molar-refractivity contribution in [1.29, 1.82) is 0 Å². The molecule has 0 saturated carbocycles. The van der Waals surface area contributed by atoms with Crippen molar-refractivity contribution in [3.63, 3.8) is 0 Å². The van der Waals surface area contributed by atoms with Crippen LogP contribution >= 0.6 is 0 Å². The maximum absolute atomic E-state index is 4.63. The Balaban J connectivity index is 0.00000157. The van der Waals surface area contributed by atoms with E-state index in [4.69, 9.17) is 0 Å². The average Bonchev–Trinajstić information content (AvgIpc) is 3.32. The molecule has 4 nitrogen and oxygen atoms in total. The zero-order chi connectivity index (χ0) is 15.9. The minimum absolute atomic E-state index is 0. The zero-order valence-corrected chi connectivity index (χ0v) is 16.5. The van der Waals surface area contributed by atoms with Crippen molar-refractivity contribution < 1.29 is 19.5 Å². The molecule has 0 fully saturated rings. The molecule has 0 unspecified atom stereocenters. The molecule has 3 aromatic heterocycles. The van der Waals surface area contributed by atoms with Gasteiger partial charge in [0.15, 0.2) is 0 Å². The monoisotopic (exact) mass is 374 g/mol. The van der Waals surface area contributed by atoms with Gasteiger partial charge >= 0.3 is 19.5 Å². The first-order chi connectivity index (χ1) is 11.8. The molecule has 25 heavy (non-hydrogen) atoms. The molecule has 0 spiro atoms. The van der Waals surface area contributed by atoms with Crippen LogP contribution in [0.3, 0.4) is 0 Å². The molecular weight excluding hydrogens is 362 g/mol. The molecule has 8 bridgehead atoms. The smallest absolute Gasteiger partial charge is 0.355 e. The van der Waals surface area contributed by atoms with Crippen molar-refractivity contribution in [2.75, 3.05) is 0 Å². The van der Waals surface area contributed by atoms with E-state index < -0.39 is 0 Å². The van der Waals surface area contributed by atoms with Crippen LogP contribution < -0.4 is 0 Å². The third-order valence-corrected chi connectivity index (χ3v) is 4.04. The van der Waals surface area contributed by atoms with Crippen molar-refractivity contribution in [1.82, 2.24) is 19.9 Å². The third-order valence-electron chi connectivity index (χ3n) is 4.04. The molecule has 3 aromatic rings. The summed E-state index contributed by atoms with van der Waals surface area (Å²) >= 11 is 0. The summed E-state index contributed by atoms with van der Waals surface area (Å²) in [5, 5.41) is 0. The maximum Gasteiger partial charge on any atom is 3.00 e. The number of fused-ring (bicyclic) bond motifs is 8. The number of nitrogens with zero attached hydrogens (tertiary/aromatic N) is 2. The number of H-pyrrole nitrogens is 2. The summed E-state index contributed by atoms with van der Waals surface area (Å²) in [5.41, 5.74) is 7.86. The van der Waals surface area contributed by atoms with Crippen molar-refractivity contribution in [2.45, 2.75) is 0 Å². The number of hydrogen-bond acceptors (Lipinski definition) is 2. The van der Waals surface area contributed by atoms with Crippen LogP contribution in [0, 0.1) is 0 Å². The first-order valence-electron chi connectivity index (χ1n) is 7.85. The molecule has 2 aliphatic heterocycles. The van der Waals surface area contributed by atoms with Gasteiger partial charge in [0.25, 0.3) is 0 Å². The molecule has 0 aliphatic carbocycles. The van der Waals surface area contributed by atoms with Crippen molar-refractivity contribution in [2.24, 2.45) is 0 Å². The molecule has 2 aliphatic rings. The second kappa shape index (κ2) is 6.26. The first-order valence-corrected chi connectivity index (χ1v) is 7.85. The molecule has 0 radical (unpaired) electrons. The van der Waals surface area contributed by atoms with Crippen LogP contribution in [0.5, 0.6) is 0 Å². The molecule has 2 N–H and O–H groups in total. The van der Waals surface area contributed by atoms with Gasteiger partial charge in [0.05, 0.1) is 22.8 Å². The minimum Gasteiger partial charge on any atom is -0.355 e. The van der Waals surface area contributed by atoms with E-state index in [1.54, 1.807) is 0 Å². The Labute approximate surface area is 157 Å². The predicted molar refractivity (Wildman–Crippen MR) is 98.9 cm³/mol. The number of aromatic nitrogens is 4. The van der Waals surface area contributed by atoms with Gasteiger partial charge in [-0.25, -0.2) is 9.97 Å². The number of aromatic amines is 2. The van der Waals surface area contributed by atoms with Crippen LogP contribution in [0.25, 0.3) is 46.4 Å². The van der Waals surface area contributed by atoms with E-state index in [1.807, 2.05) is 48.6 Å². The largest absolute Gasteiger partial charge is 3.00 e. The van der Waals surface area contributed by atoms with Crippen LogP contribution in [0.4, 0.5) is 0 Å². The van der Waals surface area contributed by atoms with Gasteiger partial charge < -0.3 is 9.97 Å². The second-order valence-electron chi connectivity index (χ2n) is 5.91. The van der Waals surface area contributed by atoms with E-state index >= 15 is 0 Å². The summed E-state index contributed by atoms with van der Waals surface area (Å²) in [4.78, 5) is 16.0. The molecule has 0 amide bonds. The standard InChI is InChI=1S/C20H14N4.Zn/c1-2-14-10-16-5-6-18(23-16)12-20-8-7-19(24-20)11-17-4-3-15(22-17)9-13(1)21-14;/h1-12,21,24H;/q;+3. The third kappa shape index (κ3) is 3.24. The topological polar surface area (TPSA) is 57.4 Å². The van der Waals surface area contributed by atoms with Gasteiger partial charge in [0.1, 0.15) is 0 Å². The van der Waals surface area contributed by atoms with Gasteiger partial charge in [-0.1, -0.05) is 0 Å². The molecule has 0 aromatic carbocycles. The van der Waals surface area contributed by atoms with Gasteiger partial charge in [-0.3, -0.25) is 0 Å². The zero-order valence-electron chi connectivity index (χ0n) is 13.5. The van der Waals surface area contributed by atoms with Crippen LogP contribution in [0.2, 0.25) is 0 Å². The average molecular weight is 376 g/mol. The molecule has 0 saturated heterocycles. The van der Waals surface area contributed by atoms with Gasteiger partial charge in [-0.15, -0.1) is 0 Å². The molecule has 5 rings (SSSR count). The summed E-state index contributed by atoms with van der Waals surface area (Å²) in [7, 11) is 0. The van der Waals surface area contributed by atoms with E-state index in [0.717, 1.165) is 44.8 Å². The summed E-state index contributed by atoms with van der Waals surface area (Å²) < 4.78 is 0. The Morgan fingerprint density at radius 2 is 0.760 bits per heavy atom. The van der Waals surface area contributed by atoms with Crippen molar-refractivity contribution in [3.8, 4) is 0 Å². The Morgan fingerprint density at radius 1 is 0.480 bits per heavy atom. The second-order valence-corrected chi connectivity index (χ2v) is 5.91. The van der Waals surface area contributed by atoms with Gasteiger partial charge in [-0.05, 0) is 72.8 Å². The van der Waals surface area contributed by atoms with Gasteiger partial charge in [0.2, 0.25) is 0 Å². The van der Waals surface area contributed by atoms with E-state index in [-0.39, 0.29) is 19.5 Å². The SMILES string of the molecule is C1=Cc2cc3ccc(cc4nc(cc5ccc(cc1n2)[nH]5)C=C4)[nH]3.[Zn+3]. The summed E-state index contributed by atoms with van der Waals surface area (Å²) in [6.45, 7) is 0. The predicted octanol–water partition coefficient (Wildman–Crippen LogP) is 4.65. The quantitative estimate of drug-likeness (QED) is 0.387. The summed E-state index contributed by atoms with van der Waals surface area (Å²) in [5.74, 6) is 0. The summed E-state index contributed by atoms with van der Waals surface area (Å²) in [6, 6.07) is 16.4. The van der Waals surface area contributed by atoms with Crippen LogP contribution in [0.15, 0.2) is 48.5 Å². The Bertz CT molecular complexity index is 990. The van der Waals surface area contributed by atoms with Gasteiger partial charge in [-0.2, -0.15) is 0 Å². The molecule has 0 atom stereocenters.